The fourth-order valence-electron chi connectivity index (χ4n) is 2.17. The Morgan fingerprint density at radius 1 is 1.18 bits per heavy atom. The predicted molar refractivity (Wildman–Crippen MR) is 98.0 cm³/mol. The molecule has 1 atom stereocenters. The van der Waals surface area contributed by atoms with E-state index in [9.17, 15) is 4.79 Å². The van der Waals surface area contributed by atoms with Crippen molar-refractivity contribution in [3.63, 3.8) is 0 Å². The average Bonchev–Trinajstić information content (AvgIpc) is 2.47. The molecule has 0 heterocycles. The summed E-state index contributed by atoms with van der Waals surface area (Å²) in [6.45, 7) is 7.93. The number of nitrogens with one attached hydrogen (secondary N) is 1. The van der Waals surface area contributed by atoms with Crippen LogP contribution in [0.2, 0.25) is 0 Å². The van der Waals surface area contributed by atoms with E-state index in [1.54, 1.807) is 0 Å². The van der Waals surface area contributed by atoms with Gasteiger partial charge < -0.3 is 16.0 Å². The van der Waals surface area contributed by atoms with Gasteiger partial charge in [-0.2, -0.15) is 0 Å². The molecule has 0 aromatic heterocycles. The van der Waals surface area contributed by atoms with Gasteiger partial charge in [-0.3, -0.25) is 4.79 Å². The van der Waals surface area contributed by atoms with Crippen molar-refractivity contribution in [1.29, 1.82) is 0 Å². The van der Waals surface area contributed by atoms with E-state index < -0.39 is 6.04 Å². The second-order valence-electron chi connectivity index (χ2n) is 5.02. The fourth-order valence-corrected chi connectivity index (χ4v) is 2.17. The number of carbonyl (C=O) groups excluding carboxylic acids is 1. The Hall–Kier alpha value is -0.810. The third-order valence-electron chi connectivity index (χ3n) is 3.35. The van der Waals surface area contributed by atoms with Crippen LogP contribution in [0.15, 0.2) is 30.3 Å². The second-order valence-corrected chi connectivity index (χ2v) is 5.02. The van der Waals surface area contributed by atoms with E-state index in [0.717, 1.165) is 31.6 Å². The molecule has 4 nitrogen and oxygen atoms in total. The van der Waals surface area contributed by atoms with Crippen LogP contribution in [0.3, 0.4) is 0 Å². The van der Waals surface area contributed by atoms with Gasteiger partial charge in [0.2, 0.25) is 5.91 Å². The van der Waals surface area contributed by atoms with Crippen LogP contribution in [0.25, 0.3) is 0 Å². The van der Waals surface area contributed by atoms with Crippen LogP contribution < -0.4 is 11.1 Å². The lowest BCUT2D eigenvalue weighted by atomic mass is 10.1. The number of nitrogens with two attached hydrogens (primary N) is 1. The van der Waals surface area contributed by atoms with Gasteiger partial charge >= 0.3 is 0 Å². The van der Waals surface area contributed by atoms with Crippen LogP contribution >= 0.6 is 24.8 Å². The lowest BCUT2D eigenvalue weighted by Crippen LogP contribution is -2.44. The van der Waals surface area contributed by atoms with E-state index in [4.69, 9.17) is 5.73 Å². The summed E-state index contributed by atoms with van der Waals surface area (Å²) in [7, 11) is 0. The highest BCUT2D eigenvalue weighted by Gasteiger charge is 2.13. The standard InChI is InChI=1S/C16H27N3O.2ClH/c1-3-11-19(4-2)12-10-18-16(20)15(17)13-14-8-6-5-7-9-14;;/h5-9,15H,3-4,10-13,17H2,1-2H3,(H,18,20);2*1H. The molecule has 0 aliphatic carbocycles. The van der Waals surface area contributed by atoms with E-state index in [1.165, 1.54) is 0 Å². The Morgan fingerprint density at radius 2 is 1.82 bits per heavy atom. The van der Waals surface area contributed by atoms with Crippen LogP contribution in [-0.2, 0) is 11.2 Å². The van der Waals surface area contributed by atoms with Crippen molar-refractivity contribution in [2.75, 3.05) is 26.2 Å². The maximum absolute atomic E-state index is 11.9. The van der Waals surface area contributed by atoms with Gasteiger partial charge in [-0.15, -0.1) is 24.8 Å². The minimum absolute atomic E-state index is 0. The number of nitrogens with zero attached hydrogens (tertiary/aromatic N) is 1. The summed E-state index contributed by atoms with van der Waals surface area (Å²) in [6.07, 6.45) is 1.72. The molecule has 0 aliphatic rings. The van der Waals surface area contributed by atoms with Crippen molar-refractivity contribution in [3.8, 4) is 0 Å². The lowest BCUT2D eigenvalue weighted by molar-refractivity contribution is -0.122. The topological polar surface area (TPSA) is 58.4 Å². The molecule has 1 rings (SSSR count). The molecule has 22 heavy (non-hydrogen) atoms. The van der Waals surface area contributed by atoms with Crippen molar-refractivity contribution < 1.29 is 4.79 Å². The Labute approximate surface area is 146 Å². The van der Waals surface area contributed by atoms with Gasteiger partial charge in [-0.1, -0.05) is 44.2 Å². The number of benzene rings is 1. The molecule has 0 saturated heterocycles. The van der Waals surface area contributed by atoms with Crippen LogP contribution in [0.4, 0.5) is 0 Å². The van der Waals surface area contributed by atoms with Gasteiger partial charge in [-0.25, -0.2) is 0 Å². The third kappa shape index (κ3) is 9.26. The van der Waals surface area contributed by atoms with Crippen molar-refractivity contribution in [3.05, 3.63) is 35.9 Å². The molecule has 128 valence electrons. The van der Waals surface area contributed by atoms with Crippen LogP contribution in [0.1, 0.15) is 25.8 Å². The molecule has 6 heteroatoms. The Kier molecular flexibility index (Phi) is 14.7. The maximum atomic E-state index is 11.9. The summed E-state index contributed by atoms with van der Waals surface area (Å²) in [6, 6.07) is 9.40. The molecule has 1 aromatic rings. The molecular formula is C16H29Cl2N3O. The van der Waals surface area contributed by atoms with Gasteiger partial charge in [-0.05, 0) is 31.5 Å². The summed E-state index contributed by atoms with van der Waals surface area (Å²) in [5.74, 6) is -0.0681. The highest BCUT2D eigenvalue weighted by molar-refractivity contribution is 5.85. The summed E-state index contributed by atoms with van der Waals surface area (Å²) in [5.41, 5.74) is 7.03. The van der Waals surface area contributed by atoms with Crippen LogP contribution in [0, 0.1) is 0 Å². The van der Waals surface area contributed by atoms with Gasteiger partial charge in [0.15, 0.2) is 0 Å². The predicted octanol–water partition coefficient (Wildman–Crippen LogP) is 2.25. The monoisotopic (exact) mass is 349 g/mol. The largest absolute Gasteiger partial charge is 0.353 e. The minimum Gasteiger partial charge on any atom is -0.353 e. The van der Waals surface area contributed by atoms with E-state index in [1.807, 2.05) is 30.3 Å². The maximum Gasteiger partial charge on any atom is 0.237 e. The quantitative estimate of drug-likeness (QED) is 0.718. The van der Waals surface area contributed by atoms with Crippen molar-refractivity contribution in [1.82, 2.24) is 10.2 Å². The fraction of sp³-hybridized carbons (Fsp3) is 0.562. The molecule has 0 saturated carbocycles. The summed E-state index contributed by atoms with van der Waals surface area (Å²) in [4.78, 5) is 14.2. The number of likely N-dealkylation sites (N-methyl/N-ethyl adjacent to an activating group) is 1. The molecule has 0 bridgehead atoms. The molecule has 0 aliphatic heterocycles. The van der Waals surface area contributed by atoms with Gasteiger partial charge in [0.05, 0.1) is 6.04 Å². The molecule has 1 amide bonds. The van der Waals surface area contributed by atoms with E-state index in [0.29, 0.717) is 13.0 Å². The molecule has 1 aromatic carbocycles. The molecule has 1 unspecified atom stereocenters. The number of amides is 1. The average molecular weight is 350 g/mol. The molecular weight excluding hydrogens is 321 g/mol. The normalized spacial score (nSPS) is 11.3. The minimum atomic E-state index is -0.473. The first-order valence-electron chi connectivity index (χ1n) is 7.47. The highest BCUT2D eigenvalue weighted by atomic mass is 35.5. The number of carbonyl (C=O) groups is 1. The summed E-state index contributed by atoms with van der Waals surface area (Å²) < 4.78 is 0. The Balaban J connectivity index is 0. The first kappa shape index (κ1) is 23.5. The third-order valence-corrected chi connectivity index (χ3v) is 3.35. The Bertz CT molecular complexity index is 390. The SMILES string of the molecule is CCCN(CC)CCNC(=O)C(N)Cc1ccccc1.Cl.Cl. The van der Waals surface area contributed by atoms with E-state index in [2.05, 4.69) is 24.1 Å². The zero-order valence-corrected chi connectivity index (χ0v) is 15.1. The van der Waals surface area contributed by atoms with Crippen molar-refractivity contribution in [2.45, 2.75) is 32.7 Å². The highest BCUT2D eigenvalue weighted by Crippen LogP contribution is 2.01. The molecule has 0 fully saturated rings. The van der Waals surface area contributed by atoms with E-state index in [-0.39, 0.29) is 30.7 Å². The molecule has 3 N–H and O–H groups in total. The van der Waals surface area contributed by atoms with Crippen LogP contribution in [0.5, 0.6) is 0 Å². The summed E-state index contributed by atoms with van der Waals surface area (Å²) in [5, 5.41) is 2.92. The van der Waals surface area contributed by atoms with Crippen LogP contribution in [-0.4, -0.2) is 43.0 Å². The first-order chi connectivity index (χ1) is 9.67. The van der Waals surface area contributed by atoms with Crippen molar-refractivity contribution in [2.24, 2.45) is 5.73 Å². The van der Waals surface area contributed by atoms with Crippen molar-refractivity contribution >= 4 is 30.7 Å². The Morgan fingerprint density at radius 3 is 2.36 bits per heavy atom. The second kappa shape index (κ2) is 13.8. The number of hydrogen-bond acceptors (Lipinski definition) is 3. The van der Waals surface area contributed by atoms with Gasteiger partial charge in [0.1, 0.15) is 0 Å². The first-order valence-corrected chi connectivity index (χ1v) is 7.47. The van der Waals surface area contributed by atoms with Gasteiger partial charge in [0.25, 0.3) is 0 Å². The number of halogens is 2. The summed E-state index contributed by atoms with van der Waals surface area (Å²) >= 11 is 0. The zero-order chi connectivity index (χ0) is 14.8. The zero-order valence-electron chi connectivity index (χ0n) is 13.5. The smallest absolute Gasteiger partial charge is 0.237 e. The lowest BCUT2D eigenvalue weighted by Gasteiger charge is -2.20. The number of rotatable bonds is 9. The molecule has 0 radical (unpaired) electrons. The van der Waals surface area contributed by atoms with E-state index >= 15 is 0 Å². The molecule has 0 spiro atoms. The van der Waals surface area contributed by atoms with Gasteiger partial charge in [0, 0.05) is 13.1 Å². The number of hydrogen-bond donors (Lipinski definition) is 2.